The minimum atomic E-state index is 0.631. The maximum absolute atomic E-state index is 5.80. The summed E-state index contributed by atoms with van der Waals surface area (Å²) in [6.07, 6.45) is 8.61. The molecule has 0 saturated carbocycles. The highest BCUT2D eigenvalue weighted by atomic mass is 35.5. The first kappa shape index (κ1) is 30.9. The standard InChI is InChI=1S/C22H24N2O.C14H15ClN2/c1-2-18-7-6-10-22(14-18)25-12-11-23-15-19-13-21(17-24-16-19)20-8-4-3-5-9-20;15-6-7-16-9-12-8-14(11-17-10-12)13-4-2-1-3-5-13/h3-10,13-14,16-17,23H,2,11-12,15H2,1H3;1-5,8,10-11,16H,6-7,9H2. The average Bonchev–Trinajstić information content (AvgIpc) is 3.06. The van der Waals surface area contributed by atoms with Gasteiger partial charge in [-0.1, -0.05) is 79.7 Å². The molecule has 0 radical (unpaired) electrons. The Balaban J connectivity index is 0.000000208. The van der Waals surface area contributed by atoms with Crippen LogP contribution < -0.4 is 15.4 Å². The summed E-state index contributed by atoms with van der Waals surface area (Å²) < 4.78 is 5.80. The molecule has 0 aliphatic carbocycles. The Labute approximate surface area is 255 Å². The van der Waals surface area contributed by atoms with Gasteiger partial charge >= 0.3 is 0 Å². The summed E-state index contributed by atoms with van der Waals surface area (Å²) >= 11 is 5.62. The maximum Gasteiger partial charge on any atom is 0.119 e. The van der Waals surface area contributed by atoms with E-state index in [9.17, 15) is 0 Å². The highest BCUT2D eigenvalue weighted by Crippen LogP contribution is 2.20. The summed E-state index contributed by atoms with van der Waals surface area (Å²) in [4.78, 5) is 8.62. The molecule has 6 heteroatoms. The largest absolute Gasteiger partial charge is 0.492 e. The van der Waals surface area contributed by atoms with Crippen LogP contribution in [-0.4, -0.2) is 35.5 Å². The second kappa shape index (κ2) is 17.7. The quantitative estimate of drug-likeness (QED) is 0.111. The van der Waals surface area contributed by atoms with E-state index in [-0.39, 0.29) is 0 Å². The molecule has 0 spiro atoms. The molecule has 2 heterocycles. The molecule has 0 unspecified atom stereocenters. The van der Waals surface area contributed by atoms with E-state index < -0.39 is 0 Å². The van der Waals surface area contributed by atoms with Crippen LogP contribution in [-0.2, 0) is 19.5 Å². The molecule has 5 nitrogen and oxygen atoms in total. The molecule has 2 N–H and O–H groups in total. The molecule has 0 atom stereocenters. The molecule has 0 bridgehead atoms. The number of hydrogen-bond acceptors (Lipinski definition) is 5. The van der Waals surface area contributed by atoms with Gasteiger partial charge in [-0.05, 0) is 58.5 Å². The lowest BCUT2D eigenvalue weighted by Gasteiger charge is -2.09. The maximum atomic E-state index is 5.80. The normalized spacial score (nSPS) is 10.5. The van der Waals surface area contributed by atoms with Crippen molar-refractivity contribution < 1.29 is 4.74 Å². The highest BCUT2D eigenvalue weighted by molar-refractivity contribution is 6.18. The first-order valence-corrected chi connectivity index (χ1v) is 15.0. The molecule has 3 aromatic carbocycles. The fourth-order valence-corrected chi connectivity index (χ4v) is 4.51. The van der Waals surface area contributed by atoms with Crippen molar-refractivity contribution in [2.75, 3.05) is 25.6 Å². The Morgan fingerprint density at radius 3 is 1.71 bits per heavy atom. The minimum absolute atomic E-state index is 0.631. The van der Waals surface area contributed by atoms with Gasteiger partial charge < -0.3 is 15.4 Å². The van der Waals surface area contributed by atoms with Crippen LogP contribution in [0.25, 0.3) is 22.3 Å². The van der Waals surface area contributed by atoms with Gasteiger partial charge in [0.25, 0.3) is 0 Å². The number of aryl methyl sites for hydroxylation is 1. The third-order valence-corrected chi connectivity index (χ3v) is 6.78. The van der Waals surface area contributed by atoms with Crippen LogP contribution in [0.15, 0.2) is 122 Å². The summed E-state index contributed by atoms with van der Waals surface area (Å²) in [6.45, 7) is 6.01. The Morgan fingerprint density at radius 2 is 1.17 bits per heavy atom. The van der Waals surface area contributed by atoms with Crippen LogP contribution in [0.3, 0.4) is 0 Å². The number of rotatable bonds is 13. The Morgan fingerprint density at radius 1 is 0.595 bits per heavy atom. The average molecular weight is 579 g/mol. The fraction of sp³-hybridized carbons (Fsp3) is 0.222. The molecule has 2 aromatic heterocycles. The van der Waals surface area contributed by atoms with Crippen molar-refractivity contribution in [3.8, 4) is 28.0 Å². The Hall–Kier alpha value is -4.03. The topological polar surface area (TPSA) is 59.1 Å². The van der Waals surface area contributed by atoms with Gasteiger partial charge in [0.05, 0.1) is 0 Å². The molecular weight excluding hydrogens is 540 g/mol. The molecule has 0 aliphatic heterocycles. The van der Waals surface area contributed by atoms with Crippen LogP contribution in [0.5, 0.6) is 5.75 Å². The van der Waals surface area contributed by atoms with E-state index in [1.54, 1.807) is 0 Å². The van der Waals surface area contributed by atoms with Crippen molar-refractivity contribution >= 4 is 11.6 Å². The van der Waals surface area contributed by atoms with Gasteiger partial charge in [-0.25, -0.2) is 0 Å². The monoisotopic (exact) mass is 578 g/mol. The highest BCUT2D eigenvalue weighted by Gasteiger charge is 2.01. The SMILES string of the molecule is CCc1cccc(OCCNCc2cncc(-c3ccccc3)c2)c1.ClCCNCc1cncc(-c2ccccc2)c1. The first-order valence-electron chi connectivity index (χ1n) is 14.4. The summed E-state index contributed by atoms with van der Waals surface area (Å²) in [5.41, 5.74) is 8.33. The molecular formula is C36H39ClN4O. The van der Waals surface area contributed by atoms with Crippen LogP contribution in [0.2, 0.25) is 0 Å². The molecule has 0 fully saturated rings. The number of alkyl halides is 1. The predicted octanol–water partition coefficient (Wildman–Crippen LogP) is 7.56. The van der Waals surface area contributed by atoms with Crippen molar-refractivity contribution in [1.29, 1.82) is 0 Å². The van der Waals surface area contributed by atoms with Crippen LogP contribution in [0.4, 0.5) is 0 Å². The van der Waals surface area contributed by atoms with E-state index in [1.807, 2.05) is 73.3 Å². The third-order valence-electron chi connectivity index (χ3n) is 6.59. The van der Waals surface area contributed by atoms with E-state index in [0.29, 0.717) is 12.5 Å². The predicted molar refractivity (Wildman–Crippen MR) is 175 cm³/mol. The lowest BCUT2D eigenvalue weighted by molar-refractivity contribution is 0.313. The summed E-state index contributed by atoms with van der Waals surface area (Å²) in [5, 5.41) is 6.67. The van der Waals surface area contributed by atoms with Crippen LogP contribution in [0, 0.1) is 0 Å². The van der Waals surface area contributed by atoms with E-state index in [0.717, 1.165) is 49.5 Å². The number of ether oxygens (including phenoxy) is 1. The number of halogens is 1. The van der Waals surface area contributed by atoms with Crippen molar-refractivity contribution in [1.82, 2.24) is 20.6 Å². The number of benzene rings is 3. The molecule has 5 rings (SSSR count). The van der Waals surface area contributed by atoms with Crippen LogP contribution >= 0.6 is 11.6 Å². The number of pyridine rings is 2. The Kier molecular flexibility index (Phi) is 13.0. The molecule has 216 valence electrons. The molecule has 42 heavy (non-hydrogen) atoms. The second-order valence-corrected chi connectivity index (χ2v) is 10.2. The first-order chi connectivity index (χ1) is 20.7. The second-order valence-electron chi connectivity index (χ2n) is 9.79. The zero-order valence-electron chi connectivity index (χ0n) is 24.2. The van der Waals surface area contributed by atoms with Gasteiger partial charge in [-0.15, -0.1) is 11.6 Å². The van der Waals surface area contributed by atoms with Crippen molar-refractivity contribution in [2.24, 2.45) is 0 Å². The van der Waals surface area contributed by atoms with E-state index in [2.05, 4.69) is 76.1 Å². The van der Waals surface area contributed by atoms with Gasteiger partial charge in [-0.2, -0.15) is 0 Å². The van der Waals surface area contributed by atoms with Crippen molar-refractivity contribution in [3.63, 3.8) is 0 Å². The van der Waals surface area contributed by atoms with E-state index in [1.165, 1.54) is 27.8 Å². The fourth-order valence-electron chi connectivity index (χ4n) is 4.37. The van der Waals surface area contributed by atoms with Gasteiger partial charge in [0.15, 0.2) is 0 Å². The van der Waals surface area contributed by atoms with Crippen molar-refractivity contribution in [3.05, 3.63) is 139 Å². The smallest absolute Gasteiger partial charge is 0.119 e. The Bertz CT molecular complexity index is 1460. The van der Waals surface area contributed by atoms with E-state index >= 15 is 0 Å². The zero-order valence-corrected chi connectivity index (χ0v) is 24.9. The van der Waals surface area contributed by atoms with Gasteiger partial charge in [0.1, 0.15) is 12.4 Å². The number of nitrogens with one attached hydrogen (secondary N) is 2. The lowest BCUT2D eigenvalue weighted by atomic mass is 10.1. The molecule has 0 amide bonds. The number of hydrogen-bond donors (Lipinski definition) is 2. The number of aromatic nitrogens is 2. The van der Waals surface area contributed by atoms with Crippen LogP contribution in [0.1, 0.15) is 23.6 Å². The van der Waals surface area contributed by atoms with E-state index in [4.69, 9.17) is 16.3 Å². The molecule has 5 aromatic rings. The van der Waals surface area contributed by atoms with Gasteiger partial charge in [0.2, 0.25) is 0 Å². The van der Waals surface area contributed by atoms with Gasteiger partial charge in [0, 0.05) is 68.0 Å². The summed E-state index contributed by atoms with van der Waals surface area (Å²) in [6, 6.07) is 33.2. The zero-order chi connectivity index (χ0) is 29.2. The molecule has 0 saturated heterocycles. The third kappa shape index (κ3) is 10.4. The minimum Gasteiger partial charge on any atom is -0.492 e. The number of nitrogens with zero attached hydrogens (tertiary/aromatic N) is 2. The molecule has 0 aliphatic rings. The summed E-state index contributed by atoms with van der Waals surface area (Å²) in [7, 11) is 0. The summed E-state index contributed by atoms with van der Waals surface area (Å²) in [5.74, 6) is 1.57. The van der Waals surface area contributed by atoms with Gasteiger partial charge in [-0.3, -0.25) is 9.97 Å². The van der Waals surface area contributed by atoms with Crippen molar-refractivity contribution in [2.45, 2.75) is 26.4 Å². The lowest BCUT2D eigenvalue weighted by Crippen LogP contribution is -2.20.